The van der Waals surface area contributed by atoms with Gasteiger partial charge in [0.25, 0.3) is 0 Å². The fourth-order valence-corrected chi connectivity index (χ4v) is 3.76. The Morgan fingerprint density at radius 1 is 0.697 bits per heavy atom. The van der Waals surface area contributed by atoms with Crippen molar-refractivity contribution in [1.29, 1.82) is 0 Å². The van der Waals surface area contributed by atoms with Crippen molar-refractivity contribution in [1.82, 2.24) is 34.3 Å². The lowest BCUT2D eigenvalue weighted by Crippen LogP contribution is -2.04. The SMILES string of the molecule is C.CC(C)c1cn(C(C)C)c2ncnc(N)c12.CC(C)c1nn(C(C)C)c2ncnc(N)c12. The third-order valence-corrected chi connectivity index (χ3v) is 5.43. The number of anilines is 2. The molecule has 0 aliphatic heterocycles. The van der Waals surface area contributed by atoms with E-state index in [4.69, 9.17) is 11.5 Å². The van der Waals surface area contributed by atoms with Gasteiger partial charge in [-0.25, -0.2) is 24.6 Å². The van der Waals surface area contributed by atoms with E-state index in [0.717, 1.165) is 27.8 Å². The smallest absolute Gasteiger partial charge is 0.163 e. The highest BCUT2D eigenvalue weighted by Crippen LogP contribution is 2.31. The van der Waals surface area contributed by atoms with Crippen molar-refractivity contribution in [2.24, 2.45) is 0 Å². The van der Waals surface area contributed by atoms with Crippen molar-refractivity contribution >= 4 is 33.7 Å². The minimum Gasteiger partial charge on any atom is -0.383 e. The number of hydrogen-bond acceptors (Lipinski definition) is 7. The summed E-state index contributed by atoms with van der Waals surface area (Å²) in [4.78, 5) is 16.7. The van der Waals surface area contributed by atoms with E-state index < -0.39 is 0 Å². The van der Waals surface area contributed by atoms with Crippen LogP contribution in [-0.2, 0) is 0 Å². The molecule has 0 saturated carbocycles. The van der Waals surface area contributed by atoms with Crippen molar-refractivity contribution in [2.75, 3.05) is 11.5 Å². The summed E-state index contributed by atoms with van der Waals surface area (Å²) in [6.45, 7) is 16.9. The van der Waals surface area contributed by atoms with Gasteiger partial charge in [0, 0.05) is 18.3 Å². The van der Waals surface area contributed by atoms with Gasteiger partial charge in [-0.1, -0.05) is 35.1 Å². The Labute approximate surface area is 196 Å². The third-order valence-electron chi connectivity index (χ3n) is 5.43. The maximum absolute atomic E-state index is 5.94. The molecule has 0 amide bonds. The molecule has 0 aliphatic rings. The van der Waals surface area contributed by atoms with Crippen LogP contribution in [0.15, 0.2) is 18.9 Å². The Morgan fingerprint density at radius 3 is 1.73 bits per heavy atom. The fraction of sp³-hybridized carbons (Fsp3) is 0.542. The van der Waals surface area contributed by atoms with Gasteiger partial charge in [-0.2, -0.15) is 5.10 Å². The van der Waals surface area contributed by atoms with E-state index >= 15 is 0 Å². The first-order chi connectivity index (χ1) is 15.0. The van der Waals surface area contributed by atoms with Crippen LogP contribution in [-0.4, -0.2) is 34.3 Å². The summed E-state index contributed by atoms with van der Waals surface area (Å²) in [7, 11) is 0. The standard InChI is InChI=1S/C12H18N4.C11H17N5.CH4/c1-7(2)9-5-16(8(3)4)12-10(9)11(13)14-6-15-12;1-6(2)9-8-10(12)13-5-14-11(8)16(15-9)7(3)4;/h5-8H,1-4H3,(H2,13,14,15);5-7H,1-4H3,(H2,12,13,14);1H4. The fourth-order valence-electron chi connectivity index (χ4n) is 3.76. The van der Waals surface area contributed by atoms with Gasteiger partial charge in [-0.3, -0.25) is 0 Å². The topological polar surface area (TPSA) is 126 Å². The zero-order valence-electron chi connectivity index (χ0n) is 20.3. The molecular weight excluding hydrogens is 414 g/mol. The number of nitrogens with two attached hydrogens (primary N) is 2. The molecular formula is C24H39N9. The van der Waals surface area contributed by atoms with Crippen LogP contribution in [0, 0.1) is 0 Å². The molecule has 0 bridgehead atoms. The Hall–Kier alpha value is -3.23. The molecule has 180 valence electrons. The first-order valence-corrected chi connectivity index (χ1v) is 11.1. The van der Waals surface area contributed by atoms with Crippen molar-refractivity contribution in [3.8, 4) is 0 Å². The van der Waals surface area contributed by atoms with E-state index in [1.807, 2.05) is 4.68 Å². The number of rotatable bonds is 4. The molecule has 9 nitrogen and oxygen atoms in total. The molecule has 0 radical (unpaired) electrons. The van der Waals surface area contributed by atoms with E-state index in [1.165, 1.54) is 18.2 Å². The van der Waals surface area contributed by atoms with Crippen LogP contribution in [0.1, 0.15) is 98.0 Å². The highest BCUT2D eigenvalue weighted by atomic mass is 15.3. The quantitative estimate of drug-likeness (QED) is 0.419. The number of aromatic nitrogens is 7. The van der Waals surface area contributed by atoms with Gasteiger partial charge in [0.15, 0.2) is 5.65 Å². The molecule has 0 atom stereocenters. The average molecular weight is 454 g/mol. The van der Waals surface area contributed by atoms with Gasteiger partial charge in [0.2, 0.25) is 0 Å². The third kappa shape index (κ3) is 4.91. The molecule has 4 aromatic rings. The minimum atomic E-state index is 0. The van der Waals surface area contributed by atoms with Crippen molar-refractivity contribution in [2.45, 2.75) is 86.7 Å². The molecule has 4 aromatic heterocycles. The molecule has 0 fully saturated rings. The molecule has 0 aromatic carbocycles. The van der Waals surface area contributed by atoms with Crippen LogP contribution in [0.25, 0.3) is 22.1 Å². The summed E-state index contributed by atoms with van der Waals surface area (Å²) < 4.78 is 4.06. The van der Waals surface area contributed by atoms with Crippen LogP contribution in [0.5, 0.6) is 0 Å². The van der Waals surface area contributed by atoms with E-state index in [-0.39, 0.29) is 13.5 Å². The second kappa shape index (κ2) is 10.1. The van der Waals surface area contributed by atoms with Gasteiger partial charge >= 0.3 is 0 Å². The summed E-state index contributed by atoms with van der Waals surface area (Å²) in [5, 5.41) is 6.48. The first-order valence-electron chi connectivity index (χ1n) is 11.1. The molecule has 0 saturated heterocycles. The summed E-state index contributed by atoms with van der Waals surface area (Å²) >= 11 is 0. The second-order valence-electron chi connectivity index (χ2n) is 9.23. The highest BCUT2D eigenvalue weighted by Gasteiger charge is 2.19. The van der Waals surface area contributed by atoms with Gasteiger partial charge in [0.1, 0.15) is 29.9 Å². The first kappa shape index (κ1) is 26.0. The Balaban J connectivity index is 0.000000227. The second-order valence-corrected chi connectivity index (χ2v) is 9.23. The van der Waals surface area contributed by atoms with E-state index in [9.17, 15) is 0 Å². The lowest BCUT2D eigenvalue weighted by Gasteiger charge is -2.07. The zero-order chi connectivity index (χ0) is 23.7. The van der Waals surface area contributed by atoms with Crippen LogP contribution >= 0.6 is 0 Å². The van der Waals surface area contributed by atoms with Crippen molar-refractivity contribution in [3.63, 3.8) is 0 Å². The van der Waals surface area contributed by atoms with Gasteiger partial charge in [0.05, 0.1) is 16.5 Å². The van der Waals surface area contributed by atoms with Gasteiger partial charge in [-0.05, 0) is 45.1 Å². The van der Waals surface area contributed by atoms with E-state index in [2.05, 4.69) is 91.2 Å². The van der Waals surface area contributed by atoms with Crippen LogP contribution in [0.3, 0.4) is 0 Å². The monoisotopic (exact) mass is 453 g/mol. The molecule has 0 aliphatic carbocycles. The van der Waals surface area contributed by atoms with E-state index in [1.54, 1.807) is 0 Å². The van der Waals surface area contributed by atoms with Crippen LogP contribution < -0.4 is 11.5 Å². The number of hydrogen-bond donors (Lipinski definition) is 2. The van der Waals surface area contributed by atoms with Crippen LogP contribution in [0.2, 0.25) is 0 Å². The van der Waals surface area contributed by atoms with Crippen LogP contribution in [0.4, 0.5) is 11.6 Å². The summed E-state index contributed by atoms with van der Waals surface area (Å²) in [5.41, 5.74) is 15.8. The molecule has 4 heterocycles. The number of fused-ring (bicyclic) bond motifs is 2. The number of nitrogen functional groups attached to an aromatic ring is 2. The molecule has 33 heavy (non-hydrogen) atoms. The lowest BCUT2D eigenvalue weighted by molar-refractivity contribution is 0.535. The molecule has 9 heteroatoms. The van der Waals surface area contributed by atoms with Crippen molar-refractivity contribution in [3.05, 3.63) is 30.1 Å². The normalized spacial score (nSPS) is 11.5. The lowest BCUT2D eigenvalue weighted by atomic mass is 10.0. The van der Waals surface area contributed by atoms with E-state index in [0.29, 0.717) is 29.5 Å². The molecule has 0 unspecified atom stereocenters. The summed E-state index contributed by atoms with van der Waals surface area (Å²) in [6, 6.07) is 0.647. The average Bonchev–Trinajstić information content (AvgIpc) is 3.29. The predicted molar refractivity (Wildman–Crippen MR) is 137 cm³/mol. The molecule has 4 rings (SSSR count). The maximum Gasteiger partial charge on any atom is 0.163 e. The van der Waals surface area contributed by atoms with Gasteiger partial charge < -0.3 is 16.0 Å². The molecule has 0 spiro atoms. The highest BCUT2D eigenvalue weighted by molar-refractivity contribution is 5.90. The Bertz CT molecular complexity index is 1120. The summed E-state index contributed by atoms with van der Waals surface area (Å²) in [6.07, 6.45) is 5.16. The Morgan fingerprint density at radius 2 is 1.24 bits per heavy atom. The minimum absolute atomic E-state index is 0. The zero-order valence-corrected chi connectivity index (χ0v) is 20.3. The van der Waals surface area contributed by atoms with Crippen molar-refractivity contribution < 1.29 is 0 Å². The number of nitrogens with zero attached hydrogens (tertiary/aromatic N) is 7. The molecule has 4 N–H and O–H groups in total. The predicted octanol–water partition coefficient (Wildman–Crippen LogP) is 5.47. The largest absolute Gasteiger partial charge is 0.383 e. The summed E-state index contributed by atoms with van der Waals surface area (Å²) in [5.74, 6) is 1.83. The van der Waals surface area contributed by atoms with Gasteiger partial charge in [-0.15, -0.1) is 0 Å². The maximum atomic E-state index is 5.94. The Kier molecular flexibility index (Phi) is 8.00.